The first kappa shape index (κ1) is 25.0. The molecule has 182 valence electrons. The number of benzene rings is 2. The van der Waals surface area contributed by atoms with Crippen LogP contribution < -0.4 is 4.74 Å². The van der Waals surface area contributed by atoms with E-state index in [0.29, 0.717) is 28.1 Å². The summed E-state index contributed by atoms with van der Waals surface area (Å²) in [4.78, 5) is 17.0. The maximum Gasteiger partial charge on any atom is 0.199 e. The van der Waals surface area contributed by atoms with Gasteiger partial charge in [-0.25, -0.2) is 0 Å². The Hall–Kier alpha value is -3.13. The lowest BCUT2D eigenvalue weighted by Crippen LogP contribution is -2.53. The highest BCUT2D eigenvalue weighted by Gasteiger charge is 2.29. The Morgan fingerprint density at radius 3 is 2.49 bits per heavy atom. The summed E-state index contributed by atoms with van der Waals surface area (Å²) >= 11 is 1.52. The standard InChI is InChI=1S/C27H26N2O4S.ClH/c1-3-13-29-15-22(16-29)32-21-10-6-18(7-11-21)25(31)23-24(27-17(2)12-14-34-27)28-33-26(23)19-4-8-20(30)9-5-19;/h4-12,14,22,30H,3,13,15-16H2,1-2H3;1H. The maximum atomic E-state index is 13.7. The molecule has 0 saturated carbocycles. The SMILES string of the molecule is CCCN1CC(Oc2ccc(C(=O)c3c(-c4sccc4C)noc3-c3ccc(O)cc3)cc2)C1.Cl. The van der Waals surface area contributed by atoms with E-state index >= 15 is 0 Å². The van der Waals surface area contributed by atoms with Gasteiger partial charge in [0, 0.05) is 24.2 Å². The van der Waals surface area contributed by atoms with Crippen molar-refractivity contribution in [2.24, 2.45) is 0 Å². The van der Waals surface area contributed by atoms with Crippen molar-refractivity contribution in [3.8, 4) is 33.4 Å². The van der Waals surface area contributed by atoms with Gasteiger partial charge in [0.15, 0.2) is 11.5 Å². The summed E-state index contributed by atoms with van der Waals surface area (Å²) in [6, 6.07) is 15.8. The minimum absolute atomic E-state index is 0. The van der Waals surface area contributed by atoms with Gasteiger partial charge in [0.2, 0.25) is 0 Å². The van der Waals surface area contributed by atoms with Crippen LogP contribution >= 0.6 is 23.7 Å². The number of aromatic hydroxyl groups is 1. The molecule has 5 rings (SSSR count). The molecule has 0 spiro atoms. The van der Waals surface area contributed by atoms with Gasteiger partial charge in [-0.3, -0.25) is 9.69 Å². The van der Waals surface area contributed by atoms with Crippen LogP contribution in [0.15, 0.2) is 64.5 Å². The van der Waals surface area contributed by atoms with Crippen molar-refractivity contribution in [1.82, 2.24) is 10.1 Å². The van der Waals surface area contributed by atoms with Gasteiger partial charge in [0.25, 0.3) is 0 Å². The van der Waals surface area contributed by atoms with E-state index in [1.807, 2.05) is 30.5 Å². The molecule has 3 heterocycles. The van der Waals surface area contributed by atoms with Crippen LogP contribution in [0.1, 0.15) is 34.8 Å². The molecule has 1 aliphatic rings. The van der Waals surface area contributed by atoms with Crippen molar-refractivity contribution in [1.29, 1.82) is 0 Å². The Balaban J connectivity index is 0.00000289. The van der Waals surface area contributed by atoms with E-state index in [4.69, 9.17) is 9.26 Å². The molecule has 1 aliphatic heterocycles. The van der Waals surface area contributed by atoms with E-state index in [1.165, 1.54) is 11.3 Å². The zero-order valence-electron chi connectivity index (χ0n) is 19.6. The normalized spacial score (nSPS) is 13.8. The number of halogens is 1. The highest BCUT2D eigenvalue weighted by Crippen LogP contribution is 2.38. The van der Waals surface area contributed by atoms with Gasteiger partial charge in [-0.2, -0.15) is 0 Å². The number of ether oxygens (including phenoxy) is 1. The summed E-state index contributed by atoms with van der Waals surface area (Å²) in [6.07, 6.45) is 1.34. The molecule has 0 amide bonds. The Bertz CT molecular complexity index is 1290. The molecular weight excluding hydrogens is 484 g/mol. The lowest BCUT2D eigenvalue weighted by atomic mass is 9.97. The predicted molar refractivity (Wildman–Crippen MR) is 140 cm³/mol. The lowest BCUT2D eigenvalue weighted by Gasteiger charge is -2.38. The van der Waals surface area contributed by atoms with E-state index in [0.717, 1.165) is 42.2 Å². The molecule has 0 unspecified atom stereocenters. The fourth-order valence-corrected chi connectivity index (χ4v) is 5.11. The number of ketones is 1. The molecule has 0 atom stereocenters. The second kappa shape index (κ2) is 10.6. The number of phenols is 1. The third-order valence-electron chi connectivity index (χ3n) is 6.01. The molecule has 0 aliphatic carbocycles. The van der Waals surface area contributed by atoms with Crippen LogP contribution in [-0.4, -0.2) is 46.7 Å². The molecular formula is C27H27ClN2O4S. The van der Waals surface area contributed by atoms with Crippen LogP contribution in [0.2, 0.25) is 0 Å². The highest BCUT2D eigenvalue weighted by molar-refractivity contribution is 7.13. The molecule has 1 N–H and O–H groups in total. The number of rotatable bonds is 8. The smallest absolute Gasteiger partial charge is 0.199 e. The van der Waals surface area contributed by atoms with Gasteiger partial charge < -0.3 is 14.4 Å². The zero-order valence-corrected chi connectivity index (χ0v) is 21.2. The minimum Gasteiger partial charge on any atom is -0.508 e. The number of thiophene rings is 1. The van der Waals surface area contributed by atoms with Gasteiger partial charge in [0.05, 0.1) is 10.4 Å². The molecule has 1 saturated heterocycles. The summed E-state index contributed by atoms with van der Waals surface area (Å²) < 4.78 is 11.7. The molecule has 0 bridgehead atoms. The van der Waals surface area contributed by atoms with E-state index in [1.54, 1.807) is 36.4 Å². The Morgan fingerprint density at radius 2 is 1.86 bits per heavy atom. The van der Waals surface area contributed by atoms with Crippen LogP contribution in [0.3, 0.4) is 0 Å². The first-order valence-corrected chi connectivity index (χ1v) is 12.3. The number of aryl methyl sites for hydroxylation is 1. The maximum absolute atomic E-state index is 13.7. The van der Waals surface area contributed by atoms with Crippen molar-refractivity contribution in [3.05, 3.63) is 76.7 Å². The highest BCUT2D eigenvalue weighted by atomic mass is 35.5. The molecule has 0 radical (unpaired) electrons. The lowest BCUT2D eigenvalue weighted by molar-refractivity contribution is 0.0202. The number of likely N-dealkylation sites (tertiary alicyclic amines) is 1. The summed E-state index contributed by atoms with van der Waals surface area (Å²) in [5, 5.41) is 15.9. The largest absolute Gasteiger partial charge is 0.508 e. The van der Waals surface area contributed by atoms with Crippen molar-refractivity contribution < 1.29 is 19.2 Å². The van der Waals surface area contributed by atoms with Crippen molar-refractivity contribution in [3.63, 3.8) is 0 Å². The van der Waals surface area contributed by atoms with Gasteiger partial charge in [-0.15, -0.1) is 23.7 Å². The van der Waals surface area contributed by atoms with Gasteiger partial charge in [-0.05, 0) is 85.4 Å². The van der Waals surface area contributed by atoms with Crippen molar-refractivity contribution >= 4 is 29.5 Å². The monoisotopic (exact) mass is 510 g/mol. The molecule has 2 aromatic carbocycles. The summed E-state index contributed by atoms with van der Waals surface area (Å²) in [6.45, 7) is 7.14. The predicted octanol–water partition coefficient (Wildman–Crippen LogP) is 6.21. The topological polar surface area (TPSA) is 75.8 Å². The number of nitrogens with zero attached hydrogens (tertiary/aromatic N) is 2. The van der Waals surface area contributed by atoms with Crippen LogP contribution in [0.25, 0.3) is 21.9 Å². The van der Waals surface area contributed by atoms with E-state index in [-0.39, 0.29) is 30.0 Å². The van der Waals surface area contributed by atoms with Gasteiger partial charge in [-0.1, -0.05) is 12.1 Å². The first-order chi connectivity index (χ1) is 16.5. The van der Waals surface area contributed by atoms with Crippen LogP contribution in [0.5, 0.6) is 11.5 Å². The fraction of sp³-hybridized carbons (Fsp3) is 0.259. The quantitative estimate of drug-likeness (QED) is 0.284. The van der Waals surface area contributed by atoms with Crippen molar-refractivity contribution in [2.75, 3.05) is 19.6 Å². The second-order valence-corrected chi connectivity index (χ2v) is 9.48. The van der Waals surface area contributed by atoms with E-state index in [9.17, 15) is 9.90 Å². The summed E-state index contributed by atoms with van der Waals surface area (Å²) in [5.41, 5.74) is 3.19. The first-order valence-electron chi connectivity index (χ1n) is 11.4. The number of phenolic OH excluding ortho intramolecular Hbond substituents is 1. The summed E-state index contributed by atoms with van der Waals surface area (Å²) in [5.74, 6) is 1.12. The van der Waals surface area contributed by atoms with Gasteiger partial charge in [0.1, 0.15) is 23.3 Å². The average molecular weight is 511 g/mol. The molecule has 2 aromatic heterocycles. The number of aromatic nitrogens is 1. The summed E-state index contributed by atoms with van der Waals surface area (Å²) in [7, 11) is 0. The molecule has 8 heteroatoms. The Labute approximate surface area is 214 Å². The third kappa shape index (κ3) is 5.12. The number of carbonyl (C=O) groups excluding carboxylic acids is 1. The Morgan fingerprint density at radius 1 is 1.14 bits per heavy atom. The second-order valence-electron chi connectivity index (χ2n) is 8.57. The fourth-order valence-electron chi connectivity index (χ4n) is 4.20. The van der Waals surface area contributed by atoms with Crippen LogP contribution in [-0.2, 0) is 0 Å². The zero-order chi connectivity index (χ0) is 23.7. The van der Waals surface area contributed by atoms with Gasteiger partial charge >= 0.3 is 0 Å². The average Bonchev–Trinajstić information content (AvgIpc) is 3.44. The number of hydrogen-bond acceptors (Lipinski definition) is 7. The molecule has 1 fully saturated rings. The molecule has 6 nitrogen and oxygen atoms in total. The van der Waals surface area contributed by atoms with Crippen molar-refractivity contribution in [2.45, 2.75) is 26.4 Å². The van der Waals surface area contributed by atoms with E-state index in [2.05, 4.69) is 17.0 Å². The van der Waals surface area contributed by atoms with Crippen LogP contribution in [0, 0.1) is 6.92 Å². The molecule has 35 heavy (non-hydrogen) atoms. The van der Waals surface area contributed by atoms with E-state index < -0.39 is 0 Å². The minimum atomic E-state index is -0.170. The third-order valence-corrected chi connectivity index (χ3v) is 7.03. The van der Waals surface area contributed by atoms with Crippen LogP contribution in [0.4, 0.5) is 0 Å². The molecule has 4 aromatic rings. The number of carbonyl (C=O) groups is 1. The Kier molecular flexibility index (Phi) is 7.60. The number of hydrogen-bond donors (Lipinski definition) is 1.